The molecule has 1 N–H and O–H groups in total. The Balaban J connectivity index is 1.51. The van der Waals surface area contributed by atoms with Gasteiger partial charge in [0.15, 0.2) is 0 Å². The Hall–Kier alpha value is -1.84. The molecule has 4 nitrogen and oxygen atoms in total. The third kappa shape index (κ3) is 3.15. The molecule has 0 saturated heterocycles. The number of rotatable bonds is 5. The van der Waals surface area contributed by atoms with E-state index < -0.39 is 6.04 Å². The zero-order valence-corrected chi connectivity index (χ0v) is 15.8. The number of amides is 1. The molecule has 0 heterocycles. The Labute approximate surface area is 155 Å². The molecule has 0 radical (unpaired) electrons. The quantitative estimate of drug-likeness (QED) is 0.824. The predicted octanol–water partition coefficient (Wildman–Crippen LogP) is 3.41. The van der Waals surface area contributed by atoms with Crippen LogP contribution in [0.2, 0.25) is 0 Å². The van der Waals surface area contributed by atoms with Crippen LogP contribution >= 0.6 is 0 Å². The summed E-state index contributed by atoms with van der Waals surface area (Å²) in [5.74, 6) is 1.85. The fourth-order valence-corrected chi connectivity index (χ4v) is 6.09. The number of nitrogens with one attached hydrogen (secondary N) is 1. The lowest BCUT2D eigenvalue weighted by molar-refractivity contribution is -0.152. The monoisotopic (exact) mass is 355 g/mol. The standard InChI is InChI=1S/C22H29NO3/c1-14-5-3-4-6-18(14)10-19(20(24)26-2)23-21(25)22-11-15-7-16(12-22)9-17(8-15)13-22/h3-6,15-17,19H,7-13H2,1-2H3,(H,23,25)/t15?,16?,17?,19-,22?/m0/s1. The maximum absolute atomic E-state index is 13.3. The van der Waals surface area contributed by atoms with E-state index in [4.69, 9.17) is 4.74 Å². The Kier molecular flexibility index (Phi) is 4.54. The Morgan fingerprint density at radius 1 is 1.12 bits per heavy atom. The molecule has 0 spiro atoms. The minimum atomic E-state index is -0.610. The summed E-state index contributed by atoms with van der Waals surface area (Å²) >= 11 is 0. The highest BCUT2D eigenvalue weighted by atomic mass is 16.5. The zero-order valence-electron chi connectivity index (χ0n) is 15.8. The molecule has 4 aliphatic rings. The molecule has 4 fully saturated rings. The highest BCUT2D eigenvalue weighted by Crippen LogP contribution is 2.60. The second kappa shape index (κ2) is 6.71. The minimum absolute atomic E-state index is 0.0839. The lowest BCUT2D eigenvalue weighted by atomic mass is 9.49. The second-order valence-electron chi connectivity index (χ2n) is 8.88. The van der Waals surface area contributed by atoms with Gasteiger partial charge in [-0.2, -0.15) is 0 Å². The summed E-state index contributed by atoms with van der Waals surface area (Å²) in [7, 11) is 1.39. The molecule has 4 saturated carbocycles. The maximum Gasteiger partial charge on any atom is 0.328 e. The predicted molar refractivity (Wildman–Crippen MR) is 99.4 cm³/mol. The smallest absolute Gasteiger partial charge is 0.328 e. The van der Waals surface area contributed by atoms with E-state index >= 15 is 0 Å². The fraction of sp³-hybridized carbons (Fsp3) is 0.636. The molecule has 140 valence electrons. The van der Waals surface area contributed by atoms with Gasteiger partial charge in [-0.1, -0.05) is 24.3 Å². The van der Waals surface area contributed by atoms with Gasteiger partial charge in [-0.05, 0) is 74.3 Å². The first-order valence-corrected chi connectivity index (χ1v) is 9.92. The number of aryl methyl sites for hydroxylation is 1. The van der Waals surface area contributed by atoms with E-state index in [0.717, 1.165) is 30.4 Å². The molecule has 1 aromatic carbocycles. The van der Waals surface area contributed by atoms with Crippen LogP contribution in [0.4, 0.5) is 0 Å². The molecule has 1 aromatic rings. The molecule has 5 rings (SSSR count). The molecule has 0 aliphatic heterocycles. The van der Waals surface area contributed by atoms with Gasteiger partial charge < -0.3 is 10.1 Å². The van der Waals surface area contributed by atoms with E-state index in [0.29, 0.717) is 24.2 Å². The van der Waals surface area contributed by atoms with Crippen LogP contribution in [0.1, 0.15) is 49.7 Å². The fourth-order valence-electron chi connectivity index (χ4n) is 6.09. The lowest BCUT2D eigenvalue weighted by Gasteiger charge is -2.55. The van der Waals surface area contributed by atoms with Crippen molar-refractivity contribution in [3.63, 3.8) is 0 Å². The van der Waals surface area contributed by atoms with Gasteiger partial charge in [0.05, 0.1) is 7.11 Å². The van der Waals surface area contributed by atoms with E-state index in [1.165, 1.54) is 26.4 Å². The van der Waals surface area contributed by atoms with Crippen LogP contribution in [0, 0.1) is 30.1 Å². The first-order chi connectivity index (χ1) is 12.5. The van der Waals surface area contributed by atoms with Crippen molar-refractivity contribution in [3.8, 4) is 0 Å². The van der Waals surface area contributed by atoms with Gasteiger partial charge in [-0.25, -0.2) is 4.79 Å². The summed E-state index contributed by atoms with van der Waals surface area (Å²) in [6.07, 6.45) is 7.40. The topological polar surface area (TPSA) is 55.4 Å². The molecule has 4 aliphatic carbocycles. The molecule has 0 aromatic heterocycles. The van der Waals surface area contributed by atoms with E-state index in [2.05, 4.69) is 5.32 Å². The molecular formula is C22H29NO3. The van der Waals surface area contributed by atoms with Gasteiger partial charge in [0.25, 0.3) is 0 Å². The van der Waals surface area contributed by atoms with Crippen molar-refractivity contribution in [1.82, 2.24) is 5.32 Å². The molecule has 1 atom stereocenters. The number of esters is 1. The van der Waals surface area contributed by atoms with Crippen molar-refractivity contribution < 1.29 is 14.3 Å². The number of hydrogen-bond donors (Lipinski definition) is 1. The first kappa shape index (κ1) is 17.6. The van der Waals surface area contributed by atoms with Gasteiger partial charge >= 0.3 is 5.97 Å². The van der Waals surface area contributed by atoms with Crippen LogP contribution in [0.15, 0.2) is 24.3 Å². The zero-order chi connectivity index (χ0) is 18.3. The SMILES string of the molecule is COC(=O)[C@H](Cc1ccccc1C)NC(=O)C12CC3CC(CC(C3)C1)C2. The Morgan fingerprint density at radius 2 is 1.69 bits per heavy atom. The van der Waals surface area contributed by atoms with Gasteiger partial charge in [0, 0.05) is 11.8 Å². The number of carbonyl (C=O) groups is 2. The van der Waals surface area contributed by atoms with Gasteiger partial charge in [0.1, 0.15) is 6.04 Å². The summed E-state index contributed by atoms with van der Waals surface area (Å²) in [6.45, 7) is 2.03. The van der Waals surface area contributed by atoms with Gasteiger partial charge in [0.2, 0.25) is 5.91 Å². The van der Waals surface area contributed by atoms with Crippen molar-refractivity contribution in [3.05, 3.63) is 35.4 Å². The maximum atomic E-state index is 13.3. The van der Waals surface area contributed by atoms with Gasteiger partial charge in [-0.15, -0.1) is 0 Å². The lowest BCUT2D eigenvalue weighted by Crippen LogP contribution is -2.56. The Morgan fingerprint density at radius 3 is 2.23 bits per heavy atom. The largest absolute Gasteiger partial charge is 0.467 e. The number of hydrogen-bond acceptors (Lipinski definition) is 3. The van der Waals surface area contributed by atoms with Crippen LogP contribution in [-0.4, -0.2) is 25.0 Å². The van der Waals surface area contributed by atoms with Crippen molar-refractivity contribution in [2.75, 3.05) is 7.11 Å². The molecule has 4 heteroatoms. The molecule has 4 bridgehead atoms. The summed E-state index contributed by atoms with van der Waals surface area (Å²) in [5.41, 5.74) is 1.96. The van der Waals surface area contributed by atoms with E-state index in [9.17, 15) is 9.59 Å². The number of carbonyl (C=O) groups excluding carboxylic acids is 2. The third-order valence-electron chi connectivity index (χ3n) is 7.00. The van der Waals surface area contributed by atoms with Crippen molar-refractivity contribution >= 4 is 11.9 Å². The van der Waals surface area contributed by atoms with E-state index in [1.54, 1.807) is 0 Å². The highest BCUT2D eigenvalue weighted by Gasteiger charge is 2.55. The Bertz CT molecular complexity index is 676. The van der Waals surface area contributed by atoms with Crippen LogP contribution in [0.5, 0.6) is 0 Å². The van der Waals surface area contributed by atoms with Crippen LogP contribution in [-0.2, 0) is 20.7 Å². The van der Waals surface area contributed by atoms with Crippen LogP contribution in [0.3, 0.4) is 0 Å². The van der Waals surface area contributed by atoms with Crippen LogP contribution < -0.4 is 5.32 Å². The number of benzene rings is 1. The summed E-state index contributed by atoms with van der Waals surface area (Å²) in [6, 6.07) is 7.39. The molecule has 1 amide bonds. The molecule has 0 unspecified atom stereocenters. The summed E-state index contributed by atoms with van der Waals surface area (Å²) < 4.78 is 4.99. The van der Waals surface area contributed by atoms with E-state index in [-0.39, 0.29) is 17.3 Å². The van der Waals surface area contributed by atoms with Crippen molar-refractivity contribution in [1.29, 1.82) is 0 Å². The minimum Gasteiger partial charge on any atom is -0.467 e. The van der Waals surface area contributed by atoms with Crippen LogP contribution in [0.25, 0.3) is 0 Å². The van der Waals surface area contributed by atoms with Gasteiger partial charge in [-0.3, -0.25) is 4.79 Å². The van der Waals surface area contributed by atoms with Crippen molar-refractivity contribution in [2.45, 2.75) is 57.9 Å². The second-order valence-corrected chi connectivity index (χ2v) is 8.88. The molecule has 26 heavy (non-hydrogen) atoms. The summed E-state index contributed by atoms with van der Waals surface area (Å²) in [5, 5.41) is 3.09. The molecular weight excluding hydrogens is 326 g/mol. The summed E-state index contributed by atoms with van der Waals surface area (Å²) in [4.78, 5) is 25.6. The number of ether oxygens (including phenoxy) is 1. The normalized spacial score (nSPS) is 32.9. The highest BCUT2D eigenvalue weighted by molar-refractivity contribution is 5.88. The number of methoxy groups -OCH3 is 1. The van der Waals surface area contributed by atoms with E-state index in [1.807, 2.05) is 31.2 Å². The average Bonchev–Trinajstić information content (AvgIpc) is 2.61. The third-order valence-corrected chi connectivity index (χ3v) is 7.00. The first-order valence-electron chi connectivity index (χ1n) is 9.92. The average molecular weight is 355 g/mol. The van der Waals surface area contributed by atoms with Crippen molar-refractivity contribution in [2.24, 2.45) is 23.2 Å².